The van der Waals surface area contributed by atoms with Crippen LogP contribution in [0.4, 0.5) is 0 Å². The summed E-state index contributed by atoms with van der Waals surface area (Å²) < 4.78 is 0. The highest BCUT2D eigenvalue weighted by Gasteiger charge is 2.16. The summed E-state index contributed by atoms with van der Waals surface area (Å²) in [6.07, 6.45) is 4.28. The predicted octanol–water partition coefficient (Wildman–Crippen LogP) is 2.25. The van der Waals surface area contributed by atoms with Crippen molar-refractivity contribution in [2.24, 2.45) is 5.73 Å². The molecule has 86 valence electrons. The summed E-state index contributed by atoms with van der Waals surface area (Å²) >= 11 is 0. The summed E-state index contributed by atoms with van der Waals surface area (Å²) in [6.45, 7) is 6.99. The van der Waals surface area contributed by atoms with Crippen molar-refractivity contribution < 1.29 is 0 Å². The van der Waals surface area contributed by atoms with E-state index in [0.29, 0.717) is 6.04 Å². The number of hydrogen-bond donors (Lipinski definition) is 1. The molecule has 0 aromatic heterocycles. The number of nitrogens with two attached hydrogens (primary N) is 1. The number of hydrogen-bond acceptors (Lipinski definition) is 2. The van der Waals surface area contributed by atoms with Gasteiger partial charge < -0.3 is 5.73 Å². The molecule has 16 heavy (non-hydrogen) atoms. The minimum absolute atomic E-state index is 0.362. The molecule has 2 nitrogen and oxygen atoms in total. The van der Waals surface area contributed by atoms with E-state index in [2.05, 4.69) is 35.7 Å². The van der Waals surface area contributed by atoms with Crippen LogP contribution in [-0.4, -0.2) is 24.0 Å². The van der Waals surface area contributed by atoms with Gasteiger partial charge in [0.2, 0.25) is 0 Å². The topological polar surface area (TPSA) is 29.3 Å². The number of likely N-dealkylation sites (tertiary alicyclic amines) is 1. The lowest BCUT2D eigenvalue weighted by atomic mass is 10.1. The largest absolute Gasteiger partial charge is 0.327 e. The van der Waals surface area contributed by atoms with Gasteiger partial charge in [0.1, 0.15) is 0 Å². The maximum Gasteiger partial charge on any atom is 0.0234 e. The fourth-order valence-electron chi connectivity index (χ4n) is 2.25. The molecule has 2 rings (SSSR count). The summed E-state index contributed by atoms with van der Waals surface area (Å²) in [5, 5.41) is 0. The van der Waals surface area contributed by atoms with Gasteiger partial charge in [-0.15, -0.1) is 0 Å². The molecule has 1 aliphatic rings. The maximum absolute atomic E-state index is 5.97. The van der Waals surface area contributed by atoms with E-state index >= 15 is 0 Å². The zero-order valence-corrected chi connectivity index (χ0v) is 9.73. The highest BCUT2D eigenvalue weighted by molar-refractivity contribution is 5.47. The lowest BCUT2D eigenvalue weighted by molar-refractivity contribution is 0.201. The van der Waals surface area contributed by atoms with Crippen LogP contribution in [-0.2, 0) is 6.54 Å². The number of nitrogens with zero attached hydrogens (tertiary/aromatic N) is 1. The van der Waals surface area contributed by atoms with Crippen LogP contribution in [0.3, 0.4) is 0 Å². The van der Waals surface area contributed by atoms with E-state index in [4.69, 9.17) is 5.73 Å². The first-order valence-electron chi connectivity index (χ1n) is 5.97. The summed E-state index contributed by atoms with van der Waals surface area (Å²) in [5.41, 5.74) is 8.51. The van der Waals surface area contributed by atoms with Crippen LogP contribution in [0.25, 0.3) is 6.08 Å². The second-order valence-corrected chi connectivity index (χ2v) is 4.58. The normalized spacial score (nSPS) is 21.9. The standard InChI is InChI=1S/C14H20N2/c1-2-12-5-7-13(8-6-12)10-16-9-3-4-14(15)11-16/h2,5-8,14H,1,3-4,9-11,15H2/t14-/m1/s1. The first-order valence-corrected chi connectivity index (χ1v) is 5.97. The molecule has 1 aliphatic heterocycles. The van der Waals surface area contributed by atoms with E-state index in [0.717, 1.165) is 13.1 Å². The maximum atomic E-state index is 5.97. The Balaban J connectivity index is 1.94. The SMILES string of the molecule is C=Cc1ccc(CN2CCC[C@@H](N)C2)cc1. The lowest BCUT2D eigenvalue weighted by Gasteiger charge is -2.30. The van der Waals surface area contributed by atoms with Crippen molar-refractivity contribution in [3.8, 4) is 0 Å². The van der Waals surface area contributed by atoms with E-state index in [9.17, 15) is 0 Å². The molecular weight excluding hydrogens is 196 g/mol. The molecule has 1 saturated heterocycles. The van der Waals surface area contributed by atoms with Crippen molar-refractivity contribution in [1.82, 2.24) is 4.90 Å². The molecule has 0 spiro atoms. The van der Waals surface area contributed by atoms with E-state index in [1.807, 2.05) is 6.08 Å². The van der Waals surface area contributed by atoms with Gasteiger partial charge in [0, 0.05) is 19.1 Å². The Morgan fingerprint density at radius 1 is 1.38 bits per heavy atom. The van der Waals surface area contributed by atoms with Gasteiger partial charge in [-0.3, -0.25) is 4.90 Å². The Kier molecular flexibility index (Phi) is 3.75. The minimum Gasteiger partial charge on any atom is -0.327 e. The van der Waals surface area contributed by atoms with Gasteiger partial charge >= 0.3 is 0 Å². The van der Waals surface area contributed by atoms with Gasteiger partial charge in [0.25, 0.3) is 0 Å². The fraction of sp³-hybridized carbons (Fsp3) is 0.429. The fourth-order valence-corrected chi connectivity index (χ4v) is 2.25. The van der Waals surface area contributed by atoms with Crippen LogP contribution >= 0.6 is 0 Å². The Morgan fingerprint density at radius 2 is 2.12 bits per heavy atom. The molecule has 1 aromatic rings. The molecule has 1 atom stereocenters. The molecule has 1 heterocycles. The van der Waals surface area contributed by atoms with Crippen LogP contribution < -0.4 is 5.73 Å². The van der Waals surface area contributed by atoms with Crippen LogP contribution in [0, 0.1) is 0 Å². The van der Waals surface area contributed by atoms with E-state index in [-0.39, 0.29) is 0 Å². The third kappa shape index (κ3) is 2.94. The third-order valence-electron chi connectivity index (χ3n) is 3.16. The number of rotatable bonds is 3. The average molecular weight is 216 g/mol. The van der Waals surface area contributed by atoms with Crippen molar-refractivity contribution in [3.63, 3.8) is 0 Å². The second-order valence-electron chi connectivity index (χ2n) is 4.58. The van der Waals surface area contributed by atoms with Crippen molar-refractivity contribution in [2.75, 3.05) is 13.1 Å². The number of piperidine rings is 1. The van der Waals surface area contributed by atoms with Crippen molar-refractivity contribution in [1.29, 1.82) is 0 Å². The third-order valence-corrected chi connectivity index (χ3v) is 3.16. The Hall–Kier alpha value is -1.12. The van der Waals surface area contributed by atoms with Crippen LogP contribution in [0.5, 0.6) is 0 Å². The molecule has 0 radical (unpaired) electrons. The molecule has 0 unspecified atom stereocenters. The van der Waals surface area contributed by atoms with Gasteiger partial charge in [-0.1, -0.05) is 36.9 Å². The van der Waals surface area contributed by atoms with E-state index < -0.39 is 0 Å². The number of benzene rings is 1. The van der Waals surface area contributed by atoms with Crippen molar-refractivity contribution >= 4 is 6.08 Å². The minimum atomic E-state index is 0.362. The monoisotopic (exact) mass is 216 g/mol. The summed E-state index contributed by atoms with van der Waals surface area (Å²) in [4.78, 5) is 2.44. The summed E-state index contributed by atoms with van der Waals surface area (Å²) in [7, 11) is 0. The van der Waals surface area contributed by atoms with Gasteiger partial charge in [-0.05, 0) is 30.5 Å². The van der Waals surface area contributed by atoms with E-state index in [1.54, 1.807) is 0 Å². The molecule has 2 N–H and O–H groups in total. The molecule has 0 bridgehead atoms. The van der Waals surface area contributed by atoms with Crippen LogP contribution in [0.2, 0.25) is 0 Å². The highest BCUT2D eigenvalue weighted by Crippen LogP contribution is 2.13. The molecule has 1 fully saturated rings. The molecule has 1 aromatic carbocycles. The molecule has 0 saturated carbocycles. The predicted molar refractivity (Wildman–Crippen MR) is 69.0 cm³/mol. The molecule has 0 amide bonds. The lowest BCUT2D eigenvalue weighted by Crippen LogP contribution is -2.42. The second kappa shape index (κ2) is 5.28. The molecule has 0 aliphatic carbocycles. The van der Waals surface area contributed by atoms with Crippen LogP contribution in [0.1, 0.15) is 24.0 Å². The van der Waals surface area contributed by atoms with E-state index in [1.165, 1.54) is 30.5 Å². The van der Waals surface area contributed by atoms with Gasteiger partial charge in [0.05, 0.1) is 0 Å². The molecular formula is C14H20N2. The Morgan fingerprint density at radius 3 is 2.75 bits per heavy atom. The van der Waals surface area contributed by atoms with Gasteiger partial charge in [0.15, 0.2) is 0 Å². The first kappa shape index (κ1) is 11.4. The average Bonchev–Trinajstić information content (AvgIpc) is 2.30. The van der Waals surface area contributed by atoms with Gasteiger partial charge in [-0.25, -0.2) is 0 Å². The molecule has 2 heteroatoms. The van der Waals surface area contributed by atoms with Gasteiger partial charge in [-0.2, -0.15) is 0 Å². The summed E-state index contributed by atoms with van der Waals surface area (Å²) in [6, 6.07) is 8.95. The highest BCUT2D eigenvalue weighted by atomic mass is 15.1. The summed E-state index contributed by atoms with van der Waals surface area (Å²) in [5.74, 6) is 0. The first-order chi connectivity index (χ1) is 7.78. The van der Waals surface area contributed by atoms with Crippen molar-refractivity contribution in [3.05, 3.63) is 42.0 Å². The Labute approximate surface area is 97.8 Å². The Bertz CT molecular complexity index is 342. The zero-order chi connectivity index (χ0) is 11.4. The smallest absolute Gasteiger partial charge is 0.0234 e. The zero-order valence-electron chi connectivity index (χ0n) is 9.73. The van der Waals surface area contributed by atoms with Crippen molar-refractivity contribution in [2.45, 2.75) is 25.4 Å². The van der Waals surface area contributed by atoms with Crippen LogP contribution in [0.15, 0.2) is 30.8 Å². The quantitative estimate of drug-likeness (QED) is 0.839.